The van der Waals surface area contributed by atoms with Gasteiger partial charge in [-0.3, -0.25) is 14.5 Å². The molecular formula is C15H19NO5. The van der Waals surface area contributed by atoms with Gasteiger partial charge in [-0.05, 0) is 6.07 Å². The van der Waals surface area contributed by atoms with Gasteiger partial charge >= 0.3 is 11.9 Å². The molecule has 0 aromatic heterocycles. The predicted octanol–water partition coefficient (Wildman–Crippen LogP) is 0.811. The summed E-state index contributed by atoms with van der Waals surface area (Å²) in [4.78, 5) is 24.6. The van der Waals surface area contributed by atoms with E-state index < -0.39 is 0 Å². The maximum absolute atomic E-state index is 11.5. The molecule has 1 heterocycles. The topological polar surface area (TPSA) is 65.1 Å². The van der Waals surface area contributed by atoms with Crippen molar-refractivity contribution in [2.24, 2.45) is 0 Å². The molecule has 0 saturated carbocycles. The number of rotatable bonds is 6. The Hall–Kier alpha value is -2.08. The van der Waals surface area contributed by atoms with Crippen molar-refractivity contribution in [3.63, 3.8) is 0 Å². The molecule has 6 nitrogen and oxygen atoms in total. The van der Waals surface area contributed by atoms with E-state index in [1.807, 2.05) is 24.3 Å². The third-order valence-electron chi connectivity index (χ3n) is 3.44. The smallest absolute Gasteiger partial charge is 0.319 e. The minimum Gasteiger partial charge on any atom is -0.493 e. The summed E-state index contributed by atoms with van der Waals surface area (Å²) in [5.41, 5.74) is 1.09. The van der Waals surface area contributed by atoms with Crippen molar-refractivity contribution >= 4 is 11.9 Å². The number of para-hydroxylation sites is 1. The Morgan fingerprint density at radius 2 is 1.81 bits per heavy atom. The number of ether oxygens (including phenoxy) is 3. The largest absolute Gasteiger partial charge is 0.493 e. The fraction of sp³-hybridized carbons (Fsp3) is 0.467. The van der Waals surface area contributed by atoms with Crippen LogP contribution in [-0.2, 0) is 19.1 Å². The first kappa shape index (κ1) is 15.3. The Labute approximate surface area is 123 Å². The Bertz CT molecular complexity index is 499. The average molecular weight is 293 g/mol. The number of hydrogen-bond acceptors (Lipinski definition) is 6. The number of carbonyl (C=O) groups is 2. The zero-order valence-corrected chi connectivity index (χ0v) is 12.2. The summed E-state index contributed by atoms with van der Waals surface area (Å²) in [5, 5.41) is 0. The molecule has 0 amide bonds. The molecule has 0 saturated heterocycles. The van der Waals surface area contributed by atoms with Crippen LogP contribution in [0.2, 0.25) is 0 Å². The highest BCUT2D eigenvalue weighted by Crippen LogP contribution is 2.33. The first-order valence-electron chi connectivity index (χ1n) is 6.71. The molecule has 1 aromatic carbocycles. The lowest BCUT2D eigenvalue weighted by molar-refractivity contribution is -0.145. The van der Waals surface area contributed by atoms with Crippen molar-refractivity contribution in [3.05, 3.63) is 29.8 Å². The van der Waals surface area contributed by atoms with Gasteiger partial charge in [0.1, 0.15) is 5.75 Å². The number of benzene rings is 1. The van der Waals surface area contributed by atoms with Crippen LogP contribution in [0.3, 0.4) is 0 Å². The maximum Gasteiger partial charge on any atom is 0.319 e. The summed E-state index contributed by atoms with van der Waals surface area (Å²) >= 11 is 0. The SMILES string of the molecule is COC(=O)CN(CC(=O)OC)CC1COc2ccccc21. The maximum atomic E-state index is 11.5. The molecular weight excluding hydrogens is 274 g/mol. The number of hydrogen-bond donors (Lipinski definition) is 0. The number of nitrogens with zero attached hydrogens (tertiary/aromatic N) is 1. The first-order chi connectivity index (χ1) is 10.1. The summed E-state index contributed by atoms with van der Waals surface area (Å²) in [6.07, 6.45) is 0. The molecule has 1 atom stereocenters. The van der Waals surface area contributed by atoms with E-state index in [2.05, 4.69) is 9.47 Å². The molecule has 0 bridgehead atoms. The molecule has 1 aromatic rings. The van der Waals surface area contributed by atoms with Crippen LogP contribution in [0.4, 0.5) is 0 Å². The lowest BCUT2D eigenvalue weighted by Crippen LogP contribution is -2.38. The molecule has 0 aliphatic carbocycles. The fourth-order valence-electron chi connectivity index (χ4n) is 2.37. The summed E-state index contributed by atoms with van der Waals surface area (Å²) in [5.74, 6) is 0.214. The summed E-state index contributed by atoms with van der Waals surface area (Å²) in [7, 11) is 2.65. The van der Waals surface area contributed by atoms with Gasteiger partial charge in [-0.25, -0.2) is 0 Å². The quantitative estimate of drug-likeness (QED) is 0.723. The van der Waals surface area contributed by atoms with Crippen LogP contribution in [0.15, 0.2) is 24.3 Å². The van der Waals surface area contributed by atoms with Gasteiger partial charge in [0.25, 0.3) is 0 Å². The second kappa shape index (κ2) is 7.08. The standard InChI is InChI=1S/C15H19NO5/c1-19-14(17)8-16(9-15(18)20-2)7-11-10-21-13-6-4-3-5-12(11)13/h3-6,11H,7-10H2,1-2H3. The van der Waals surface area contributed by atoms with Gasteiger partial charge < -0.3 is 14.2 Å². The van der Waals surface area contributed by atoms with Gasteiger partial charge in [0, 0.05) is 18.0 Å². The highest BCUT2D eigenvalue weighted by molar-refractivity contribution is 5.74. The third-order valence-corrected chi connectivity index (χ3v) is 3.44. The normalized spacial score (nSPS) is 16.2. The number of methoxy groups -OCH3 is 2. The molecule has 114 valence electrons. The zero-order chi connectivity index (χ0) is 15.2. The van der Waals surface area contributed by atoms with Gasteiger partial charge in [-0.1, -0.05) is 18.2 Å². The lowest BCUT2D eigenvalue weighted by Gasteiger charge is -2.22. The van der Waals surface area contributed by atoms with Crippen molar-refractivity contribution in [1.29, 1.82) is 0 Å². The Balaban J connectivity index is 2.04. The molecule has 6 heteroatoms. The lowest BCUT2D eigenvalue weighted by atomic mass is 10.0. The Morgan fingerprint density at radius 1 is 1.19 bits per heavy atom. The van der Waals surface area contributed by atoms with Crippen LogP contribution < -0.4 is 4.74 Å². The molecule has 21 heavy (non-hydrogen) atoms. The van der Waals surface area contributed by atoms with E-state index >= 15 is 0 Å². The van der Waals surface area contributed by atoms with Crippen LogP contribution in [0.25, 0.3) is 0 Å². The van der Waals surface area contributed by atoms with Crippen molar-refractivity contribution in [1.82, 2.24) is 4.90 Å². The van der Waals surface area contributed by atoms with E-state index in [4.69, 9.17) is 4.74 Å². The van der Waals surface area contributed by atoms with Crippen LogP contribution in [0.1, 0.15) is 11.5 Å². The van der Waals surface area contributed by atoms with Gasteiger partial charge in [0.05, 0.1) is 33.9 Å². The molecule has 0 fully saturated rings. The van der Waals surface area contributed by atoms with Crippen molar-refractivity contribution in [3.8, 4) is 5.75 Å². The van der Waals surface area contributed by atoms with Crippen molar-refractivity contribution in [2.45, 2.75) is 5.92 Å². The molecule has 1 unspecified atom stereocenters. The number of esters is 2. The Kier molecular flexibility index (Phi) is 5.16. The Morgan fingerprint density at radius 3 is 2.43 bits per heavy atom. The summed E-state index contributed by atoms with van der Waals surface area (Å²) < 4.78 is 14.9. The van der Waals surface area contributed by atoms with Gasteiger partial charge in [0.15, 0.2) is 0 Å². The fourth-order valence-corrected chi connectivity index (χ4v) is 2.37. The van der Waals surface area contributed by atoms with Gasteiger partial charge in [-0.15, -0.1) is 0 Å². The first-order valence-corrected chi connectivity index (χ1v) is 6.71. The van der Waals surface area contributed by atoms with E-state index in [9.17, 15) is 9.59 Å². The highest BCUT2D eigenvalue weighted by Gasteiger charge is 2.27. The third kappa shape index (κ3) is 3.95. The molecule has 0 radical (unpaired) electrons. The second-order valence-corrected chi connectivity index (χ2v) is 4.87. The van der Waals surface area contributed by atoms with Crippen LogP contribution in [0.5, 0.6) is 5.75 Å². The summed E-state index contributed by atoms with van der Waals surface area (Å²) in [6.45, 7) is 1.16. The molecule has 2 rings (SSSR count). The molecule has 0 N–H and O–H groups in total. The van der Waals surface area contributed by atoms with E-state index in [1.165, 1.54) is 14.2 Å². The van der Waals surface area contributed by atoms with Crippen molar-refractivity contribution < 1.29 is 23.8 Å². The highest BCUT2D eigenvalue weighted by atomic mass is 16.5. The number of fused-ring (bicyclic) bond motifs is 1. The van der Waals surface area contributed by atoms with Gasteiger partial charge in [-0.2, -0.15) is 0 Å². The predicted molar refractivity (Wildman–Crippen MR) is 75.2 cm³/mol. The van der Waals surface area contributed by atoms with Gasteiger partial charge in [0.2, 0.25) is 0 Å². The zero-order valence-electron chi connectivity index (χ0n) is 12.2. The van der Waals surface area contributed by atoms with E-state index in [0.717, 1.165) is 11.3 Å². The molecule has 1 aliphatic rings. The molecule has 0 spiro atoms. The monoisotopic (exact) mass is 293 g/mol. The number of carbonyl (C=O) groups excluding carboxylic acids is 2. The van der Waals surface area contributed by atoms with E-state index in [-0.39, 0.29) is 30.9 Å². The van der Waals surface area contributed by atoms with Crippen LogP contribution in [0, 0.1) is 0 Å². The van der Waals surface area contributed by atoms with E-state index in [0.29, 0.717) is 13.2 Å². The summed E-state index contributed by atoms with van der Waals surface area (Å²) in [6, 6.07) is 7.79. The van der Waals surface area contributed by atoms with Crippen LogP contribution in [-0.4, -0.2) is 57.3 Å². The second-order valence-electron chi connectivity index (χ2n) is 4.87. The van der Waals surface area contributed by atoms with Crippen LogP contribution >= 0.6 is 0 Å². The van der Waals surface area contributed by atoms with Crippen molar-refractivity contribution in [2.75, 3.05) is 40.5 Å². The van der Waals surface area contributed by atoms with E-state index in [1.54, 1.807) is 4.90 Å². The minimum absolute atomic E-state index is 0.0459. The average Bonchev–Trinajstić information content (AvgIpc) is 2.90. The minimum atomic E-state index is -0.383. The molecule has 1 aliphatic heterocycles.